The summed E-state index contributed by atoms with van der Waals surface area (Å²) in [5, 5.41) is 9.20. The number of phenols is 1. The van der Waals surface area contributed by atoms with Crippen LogP contribution in [0.4, 0.5) is 4.39 Å². The summed E-state index contributed by atoms with van der Waals surface area (Å²) in [5.41, 5.74) is 5.36. The van der Waals surface area contributed by atoms with Crippen LogP contribution < -0.4 is 10.5 Å². The van der Waals surface area contributed by atoms with Gasteiger partial charge in [0, 0.05) is 12.0 Å². The normalized spacial score (nSPS) is 10.1. The first-order chi connectivity index (χ1) is 7.10. The number of carbonyl (C=O) groups is 1. The third-order valence-corrected chi connectivity index (χ3v) is 1.94. The average Bonchev–Trinajstić information content (AvgIpc) is 2.22. The number of ketones is 1. The molecule has 1 rings (SSSR count). The number of Topliss-reactive ketones (excluding diaryl/α,β-unsaturated/α-hetero) is 1. The Morgan fingerprint density at radius 3 is 2.80 bits per heavy atom. The van der Waals surface area contributed by atoms with Crippen LogP contribution in [0, 0.1) is 5.82 Å². The summed E-state index contributed by atoms with van der Waals surface area (Å²) in [4.78, 5) is 11.4. The number of rotatable bonds is 4. The number of ether oxygens (including phenoxy) is 1. The predicted molar refractivity (Wildman–Crippen MR) is 52.6 cm³/mol. The van der Waals surface area contributed by atoms with E-state index in [1.54, 1.807) is 0 Å². The molecule has 0 unspecified atom stereocenters. The Morgan fingerprint density at radius 1 is 1.60 bits per heavy atom. The van der Waals surface area contributed by atoms with Gasteiger partial charge < -0.3 is 15.6 Å². The lowest BCUT2D eigenvalue weighted by atomic mass is 10.1. The van der Waals surface area contributed by atoms with Crippen molar-refractivity contribution in [2.45, 2.75) is 6.42 Å². The van der Waals surface area contributed by atoms with Gasteiger partial charge in [0.05, 0.1) is 7.11 Å². The standard InChI is InChI=1S/C10H12FNO3/c1-15-9-5-6(8(13)2-3-12)4-7(11)10(9)14/h4-5,14H,2-3,12H2,1H3. The largest absolute Gasteiger partial charge is 0.502 e. The first-order valence-electron chi connectivity index (χ1n) is 4.40. The Morgan fingerprint density at radius 2 is 2.27 bits per heavy atom. The predicted octanol–water partition coefficient (Wildman–Crippen LogP) is 1.07. The number of hydrogen-bond acceptors (Lipinski definition) is 4. The van der Waals surface area contributed by atoms with Gasteiger partial charge in [-0.15, -0.1) is 0 Å². The molecule has 1 aromatic carbocycles. The molecule has 0 aliphatic carbocycles. The van der Waals surface area contributed by atoms with Gasteiger partial charge in [0.15, 0.2) is 23.1 Å². The second kappa shape index (κ2) is 4.75. The van der Waals surface area contributed by atoms with Crippen molar-refractivity contribution in [2.75, 3.05) is 13.7 Å². The number of carbonyl (C=O) groups excluding carboxylic acids is 1. The summed E-state index contributed by atoms with van der Waals surface area (Å²) in [5.74, 6) is -1.82. The Bertz CT molecular complexity index is 379. The fourth-order valence-electron chi connectivity index (χ4n) is 1.17. The molecular weight excluding hydrogens is 201 g/mol. The number of aromatic hydroxyl groups is 1. The lowest BCUT2D eigenvalue weighted by Crippen LogP contribution is -2.08. The van der Waals surface area contributed by atoms with E-state index < -0.39 is 11.6 Å². The monoisotopic (exact) mass is 213 g/mol. The maximum absolute atomic E-state index is 13.1. The van der Waals surface area contributed by atoms with Crippen molar-refractivity contribution >= 4 is 5.78 Å². The third kappa shape index (κ3) is 2.44. The van der Waals surface area contributed by atoms with Gasteiger partial charge in [0.25, 0.3) is 0 Å². The molecule has 0 aliphatic heterocycles. The SMILES string of the molecule is COc1cc(C(=O)CCN)cc(F)c1O. The van der Waals surface area contributed by atoms with Crippen molar-refractivity contribution in [3.8, 4) is 11.5 Å². The average molecular weight is 213 g/mol. The van der Waals surface area contributed by atoms with E-state index in [0.29, 0.717) is 0 Å². The fraction of sp³-hybridized carbons (Fsp3) is 0.300. The van der Waals surface area contributed by atoms with Gasteiger partial charge in [0.1, 0.15) is 0 Å². The summed E-state index contributed by atoms with van der Waals surface area (Å²) in [6.07, 6.45) is 0.132. The number of halogens is 1. The molecule has 15 heavy (non-hydrogen) atoms. The number of benzene rings is 1. The van der Waals surface area contributed by atoms with Crippen LogP contribution in [0.15, 0.2) is 12.1 Å². The minimum Gasteiger partial charge on any atom is -0.502 e. The van der Waals surface area contributed by atoms with Crippen LogP contribution in [0.5, 0.6) is 11.5 Å². The molecule has 0 amide bonds. The Hall–Kier alpha value is -1.62. The van der Waals surface area contributed by atoms with E-state index in [4.69, 9.17) is 10.5 Å². The summed E-state index contributed by atoms with van der Waals surface area (Å²) in [6, 6.07) is 2.26. The second-order valence-electron chi connectivity index (χ2n) is 2.97. The van der Waals surface area contributed by atoms with Gasteiger partial charge in [0.2, 0.25) is 0 Å². The zero-order chi connectivity index (χ0) is 11.4. The molecule has 0 bridgehead atoms. The van der Waals surface area contributed by atoms with E-state index in [-0.39, 0.29) is 30.1 Å². The van der Waals surface area contributed by atoms with E-state index in [1.807, 2.05) is 0 Å². The molecule has 5 heteroatoms. The molecular formula is C10H12FNO3. The summed E-state index contributed by atoms with van der Waals surface area (Å²) < 4.78 is 17.8. The van der Waals surface area contributed by atoms with Crippen LogP contribution in [0.2, 0.25) is 0 Å². The summed E-state index contributed by atoms with van der Waals surface area (Å²) in [7, 11) is 1.28. The zero-order valence-electron chi connectivity index (χ0n) is 8.29. The molecule has 0 aliphatic rings. The Labute approximate surface area is 86.5 Å². The molecule has 3 N–H and O–H groups in total. The molecule has 0 spiro atoms. The van der Waals surface area contributed by atoms with Crippen LogP contribution in [-0.4, -0.2) is 24.5 Å². The van der Waals surface area contributed by atoms with Crippen molar-refractivity contribution in [1.29, 1.82) is 0 Å². The van der Waals surface area contributed by atoms with Crippen molar-refractivity contribution in [3.05, 3.63) is 23.5 Å². The second-order valence-corrected chi connectivity index (χ2v) is 2.97. The molecule has 1 aromatic rings. The summed E-state index contributed by atoms with van der Waals surface area (Å²) in [6.45, 7) is 0.198. The van der Waals surface area contributed by atoms with Gasteiger partial charge in [-0.05, 0) is 18.7 Å². The highest BCUT2D eigenvalue weighted by molar-refractivity contribution is 5.96. The van der Waals surface area contributed by atoms with Crippen LogP contribution >= 0.6 is 0 Å². The van der Waals surface area contributed by atoms with E-state index in [0.717, 1.165) is 6.07 Å². The van der Waals surface area contributed by atoms with Crippen LogP contribution in [0.3, 0.4) is 0 Å². The zero-order valence-corrected chi connectivity index (χ0v) is 8.29. The van der Waals surface area contributed by atoms with Crippen LogP contribution in [0.25, 0.3) is 0 Å². The first-order valence-corrected chi connectivity index (χ1v) is 4.40. The lowest BCUT2D eigenvalue weighted by molar-refractivity contribution is 0.0984. The highest BCUT2D eigenvalue weighted by atomic mass is 19.1. The number of methoxy groups -OCH3 is 1. The van der Waals surface area contributed by atoms with Crippen LogP contribution in [0.1, 0.15) is 16.8 Å². The van der Waals surface area contributed by atoms with E-state index in [9.17, 15) is 14.3 Å². The summed E-state index contributed by atoms with van der Waals surface area (Å²) >= 11 is 0. The third-order valence-electron chi connectivity index (χ3n) is 1.94. The fourth-order valence-corrected chi connectivity index (χ4v) is 1.17. The number of nitrogens with two attached hydrogens (primary N) is 1. The first kappa shape index (κ1) is 11.5. The van der Waals surface area contributed by atoms with Gasteiger partial charge >= 0.3 is 0 Å². The molecule has 0 saturated heterocycles. The van der Waals surface area contributed by atoms with Crippen molar-refractivity contribution < 1.29 is 19.0 Å². The van der Waals surface area contributed by atoms with E-state index >= 15 is 0 Å². The minimum absolute atomic E-state index is 0.0598. The molecule has 82 valence electrons. The molecule has 0 aromatic heterocycles. The molecule has 0 atom stereocenters. The molecule has 0 saturated carbocycles. The Kier molecular flexibility index (Phi) is 3.62. The number of phenolic OH excluding ortho intramolecular Hbond substituents is 1. The van der Waals surface area contributed by atoms with Crippen molar-refractivity contribution in [3.63, 3.8) is 0 Å². The van der Waals surface area contributed by atoms with Crippen LogP contribution in [-0.2, 0) is 0 Å². The maximum Gasteiger partial charge on any atom is 0.194 e. The molecule has 4 nitrogen and oxygen atoms in total. The molecule has 0 radical (unpaired) electrons. The molecule has 0 heterocycles. The van der Waals surface area contributed by atoms with Gasteiger partial charge in [-0.25, -0.2) is 4.39 Å². The maximum atomic E-state index is 13.1. The van der Waals surface area contributed by atoms with Gasteiger partial charge in [-0.2, -0.15) is 0 Å². The number of hydrogen-bond donors (Lipinski definition) is 2. The smallest absolute Gasteiger partial charge is 0.194 e. The molecule has 0 fully saturated rings. The van der Waals surface area contributed by atoms with Gasteiger partial charge in [-0.3, -0.25) is 4.79 Å². The topological polar surface area (TPSA) is 72.5 Å². The van der Waals surface area contributed by atoms with Crippen molar-refractivity contribution in [2.24, 2.45) is 5.73 Å². The minimum atomic E-state index is -0.880. The quantitative estimate of drug-likeness (QED) is 0.734. The lowest BCUT2D eigenvalue weighted by Gasteiger charge is -2.06. The van der Waals surface area contributed by atoms with E-state index in [1.165, 1.54) is 13.2 Å². The van der Waals surface area contributed by atoms with Crippen molar-refractivity contribution in [1.82, 2.24) is 0 Å². The Balaban J connectivity index is 3.10. The van der Waals surface area contributed by atoms with E-state index in [2.05, 4.69) is 0 Å². The highest BCUT2D eigenvalue weighted by Crippen LogP contribution is 2.30. The van der Waals surface area contributed by atoms with Gasteiger partial charge in [-0.1, -0.05) is 0 Å². The highest BCUT2D eigenvalue weighted by Gasteiger charge is 2.14.